The van der Waals surface area contributed by atoms with E-state index in [0.29, 0.717) is 37.3 Å². The number of anilines is 2. The van der Waals surface area contributed by atoms with Crippen LogP contribution in [0.15, 0.2) is 71.6 Å². The number of likely N-dealkylation sites (N-methyl/N-ethyl adjacent to an activating group) is 2. The number of Topliss-reactive ketones (excluding diaryl/α,β-unsaturated/α-hetero) is 1. The Morgan fingerprint density at radius 3 is 2.23 bits per heavy atom. The number of nitrogens with zero attached hydrogens (tertiary/aromatic N) is 3. The first kappa shape index (κ1) is 33.7. The van der Waals surface area contributed by atoms with E-state index in [1.807, 2.05) is 62.6 Å². The topological polar surface area (TPSA) is 60.9 Å². The molecule has 6 nitrogen and oxygen atoms in total. The van der Waals surface area contributed by atoms with Gasteiger partial charge in [0.25, 0.3) is 0 Å². The molecule has 1 heterocycles. The summed E-state index contributed by atoms with van der Waals surface area (Å²) in [6, 6.07) is 19.6. The zero-order chi connectivity index (χ0) is 31.7. The molecule has 8 heteroatoms. The van der Waals surface area contributed by atoms with Crippen LogP contribution in [0.5, 0.6) is 0 Å². The van der Waals surface area contributed by atoms with Gasteiger partial charge in [0.1, 0.15) is 5.82 Å². The van der Waals surface area contributed by atoms with Crippen LogP contribution in [0.4, 0.5) is 15.8 Å². The number of unbranched alkanes of at least 4 members (excludes halogenated alkanes) is 2. The molecule has 4 rings (SSSR count). The van der Waals surface area contributed by atoms with Crippen molar-refractivity contribution in [2.24, 2.45) is 0 Å². The number of hydrogen-bond acceptors (Lipinski definition) is 6. The summed E-state index contributed by atoms with van der Waals surface area (Å²) < 4.78 is 41.9. The lowest BCUT2D eigenvalue weighted by molar-refractivity contribution is 0.0979. The van der Waals surface area contributed by atoms with Crippen molar-refractivity contribution in [1.29, 1.82) is 0 Å². The summed E-state index contributed by atoms with van der Waals surface area (Å²) in [5.41, 5.74) is 3.80. The third-order valence-electron chi connectivity index (χ3n) is 8.64. The SMILES string of the molecule is CCCCCC(=O)c1cc(S(=O)(=O)Cc2ccccc2)c(N2CCC(c3ccc(F)cc3)CC2)cc1N(CC)CCN(C)C. The third-order valence-corrected chi connectivity index (χ3v) is 10.3. The van der Waals surface area contributed by atoms with E-state index in [2.05, 4.69) is 28.5 Å². The van der Waals surface area contributed by atoms with Crippen LogP contribution >= 0.6 is 0 Å². The van der Waals surface area contributed by atoms with E-state index in [-0.39, 0.29) is 28.2 Å². The fourth-order valence-electron chi connectivity index (χ4n) is 6.04. The molecule has 1 fully saturated rings. The summed E-state index contributed by atoms with van der Waals surface area (Å²) in [4.78, 5) is 20.5. The van der Waals surface area contributed by atoms with Crippen molar-refractivity contribution in [3.63, 3.8) is 0 Å². The molecule has 0 aliphatic carbocycles. The van der Waals surface area contributed by atoms with Gasteiger partial charge in [-0.25, -0.2) is 12.8 Å². The molecule has 1 aliphatic rings. The van der Waals surface area contributed by atoms with Gasteiger partial charge >= 0.3 is 0 Å². The molecule has 0 aromatic heterocycles. The Bertz CT molecular complexity index is 1470. The van der Waals surface area contributed by atoms with Gasteiger partial charge in [0, 0.05) is 50.4 Å². The van der Waals surface area contributed by atoms with Gasteiger partial charge in [-0.3, -0.25) is 4.79 Å². The summed E-state index contributed by atoms with van der Waals surface area (Å²) in [6.07, 6.45) is 4.80. The number of piperidine rings is 1. The standard InChI is InChI=1S/C36H48FN3O3S/c1-5-7-9-14-35(41)32-25-36(44(42,43)27-28-12-10-8-11-13-28)34(26-33(32)39(6-2)24-23-38(3)4)40-21-19-30(20-22-40)29-15-17-31(37)18-16-29/h8,10-13,15-18,25-26,30H,5-7,9,14,19-24,27H2,1-4H3. The Hall–Kier alpha value is -3.23. The number of ketones is 1. The third kappa shape index (κ3) is 8.69. The van der Waals surface area contributed by atoms with Gasteiger partial charge in [-0.15, -0.1) is 0 Å². The fourth-order valence-corrected chi connectivity index (χ4v) is 7.63. The highest BCUT2D eigenvalue weighted by atomic mass is 32.2. The molecular weight excluding hydrogens is 573 g/mol. The zero-order valence-electron chi connectivity index (χ0n) is 26.8. The van der Waals surface area contributed by atoms with E-state index >= 15 is 0 Å². The number of rotatable bonds is 15. The molecule has 0 saturated carbocycles. The van der Waals surface area contributed by atoms with Crippen molar-refractivity contribution < 1.29 is 17.6 Å². The summed E-state index contributed by atoms with van der Waals surface area (Å²) in [5.74, 6) is -0.101. The van der Waals surface area contributed by atoms with Gasteiger partial charge < -0.3 is 14.7 Å². The van der Waals surface area contributed by atoms with Crippen LogP contribution in [-0.2, 0) is 15.6 Å². The number of halogens is 1. The maximum Gasteiger partial charge on any atom is 0.184 e. The Morgan fingerprint density at radius 1 is 0.932 bits per heavy atom. The lowest BCUT2D eigenvalue weighted by atomic mass is 9.89. The lowest BCUT2D eigenvalue weighted by Gasteiger charge is -2.36. The van der Waals surface area contributed by atoms with Crippen LogP contribution in [0, 0.1) is 5.82 Å². The number of carbonyl (C=O) groups excluding carboxylic acids is 1. The molecule has 0 atom stereocenters. The van der Waals surface area contributed by atoms with Crippen molar-refractivity contribution in [2.45, 2.75) is 68.9 Å². The Labute approximate surface area is 263 Å². The molecule has 0 amide bonds. The monoisotopic (exact) mass is 621 g/mol. The van der Waals surface area contributed by atoms with Crippen molar-refractivity contribution in [3.05, 3.63) is 89.2 Å². The predicted molar refractivity (Wildman–Crippen MR) is 179 cm³/mol. The number of carbonyl (C=O) groups is 1. The van der Waals surface area contributed by atoms with Gasteiger partial charge in [0.15, 0.2) is 15.6 Å². The Kier molecular flexibility index (Phi) is 12.0. The van der Waals surface area contributed by atoms with Gasteiger partial charge in [0.2, 0.25) is 0 Å². The van der Waals surface area contributed by atoms with Crippen LogP contribution in [0.1, 0.15) is 79.8 Å². The molecule has 3 aromatic rings. The second-order valence-corrected chi connectivity index (χ2v) is 14.1. The van der Waals surface area contributed by atoms with Crippen LogP contribution in [0.3, 0.4) is 0 Å². The first-order valence-electron chi connectivity index (χ1n) is 16.0. The van der Waals surface area contributed by atoms with E-state index in [1.165, 1.54) is 12.1 Å². The predicted octanol–water partition coefficient (Wildman–Crippen LogP) is 7.33. The lowest BCUT2D eigenvalue weighted by Crippen LogP contribution is -2.35. The molecule has 3 aromatic carbocycles. The summed E-state index contributed by atoms with van der Waals surface area (Å²) >= 11 is 0. The second kappa shape index (κ2) is 15.7. The van der Waals surface area contributed by atoms with Crippen molar-refractivity contribution >= 4 is 27.0 Å². The van der Waals surface area contributed by atoms with Gasteiger partial charge in [-0.1, -0.05) is 62.2 Å². The molecule has 0 spiro atoms. The van der Waals surface area contributed by atoms with Crippen molar-refractivity contribution in [1.82, 2.24) is 4.90 Å². The number of benzene rings is 3. The molecule has 0 radical (unpaired) electrons. The molecule has 0 N–H and O–H groups in total. The number of hydrogen-bond donors (Lipinski definition) is 0. The van der Waals surface area contributed by atoms with Crippen molar-refractivity contribution in [2.75, 3.05) is 56.6 Å². The molecule has 1 saturated heterocycles. The van der Waals surface area contributed by atoms with E-state index in [0.717, 1.165) is 62.0 Å². The Morgan fingerprint density at radius 2 is 1.61 bits per heavy atom. The van der Waals surface area contributed by atoms with Gasteiger partial charge in [-0.05, 0) is 81.6 Å². The van der Waals surface area contributed by atoms with Crippen LogP contribution in [0.25, 0.3) is 0 Å². The summed E-state index contributed by atoms with van der Waals surface area (Å²) in [6.45, 7) is 7.76. The van der Waals surface area contributed by atoms with Gasteiger partial charge in [-0.2, -0.15) is 0 Å². The summed E-state index contributed by atoms with van der Waals surface area (Å²) in [5, 5.41) is 0. The highest BCUT2D eigenvalue weighted by Crippen LogP contribution is 2.39. The molecular formula is C36H48FN3O3S. The number of sulfone groups is 1. The molecule has 0 bridgehead atoms. The average Bonchev–Trinajstić information content (AvgIpc) is 3.01. The summed E-state index contributed by atoms with van der Waals surface area (Å²) in [7, 11) is 0.275. The highest BCUT2D eigenvalue weighted by Gasteiger charge is 2.30. The molecule has 238 valence electrons. The minimum Gasteiger partial charge on any atom is -0.370 e. The Balaban J connectivity index is 1.78. The van der Waals surface area contributed by atoms with E-state index in [4.69, 9.17) is 0 Å². The minimum absolute atomic E-state index is 0.00511. The van der Waals surface area contributed by atoms with Gasteiger partial charge in [0.05, 0.1) is 16.3 Å². The first-order valence-corrected chi connectivity index (χ1v) is 17.7. The smallest absolute Gasteiger partial charge is 0.184 e. The highest BCUT2D eigenvalue weighted by molar-refractivity contribution is 7.90. The largest absolute Gasteiger partial charge is 0.370 e. The maximum atomic E-state index is 14.2. The van der Waals surface area contributed by atoms with E-state index in [1.54, 1.807) is 6.07 Å². The molecule has 1 aliphatic heterocycles. The average molecular weight is 622 g/mol. The molecule has 0 unspecified atom stereocenters. The second-order valence-electron chi connectivity index (χ2n) is 12.2. The van der Waals surface area contributed by atoms with Crippen molar-refractivity contribution in [3.8, 4) is 0 Å². The van der Waals surface area contributed by atoms with Crippen LogP contribution < -0.4 is 9.80 Å². The quantitative estimate of drug-likeness (QED) is 0.131. The molecule has 44 heavy (non-hydrogen) atoms. The van der Waals surface area contributed by atoms with E-state index < -0.39 is 9.84 Å². The minimum atomic E-state index is -3.78. The fraction of sp³-hybridized carbons (Fsp3) is 0.472. The normalized spacial score (nSPS) is 14.3. The zero-order valence-corrected chi connectivity index (χ0v) is 27.6. The van der Waals surface area contributed by atoms with Crippen LogP contribution in [0.2, 0.25) is 0 Å². The maximum absolute atomic E-state index is 14.2. The first-order chi connectivity index (χ1) is 21.1. The van der Waals surface area contributed by atoms with Crippen LogP contribution in [-0.4, -0.2) is 65.9 Å². The van der Waals surface area contributed by atoms with E-state index in [9.17, 15) is 17.6 Å².